The van der Waals surface area contributed by atoms with Crippen molar-refractivity contribution in [3.05, 3.63) is 11.6 Å². The number of hydrogen-bond acceptors (Lipinski definition) is 4. The number of carbonyl (C=O) groups is 3. The van der Waals surface area contributed by atoms with Crippen LogP contribution in [0.25, 0.3) is 0 Å². The van der Waals surface area contributed by atoms with Gasteiger partial charge in [-0.1, -0.05) is 0 Å². The lowest BCUT2D eigenvalue weighted by molar-refractivity contribution is -0.122. The highest BCUT2D eigenvalue weighted by atomic mass is 16.2. The first-order valence-electron chi connectivity index (χ1n) is 4.70. The first-order chi connectivity index (χ1) is 8.01. The molecule has 0 saturated carbocycles. The van der Waals surface area contributed by atoms with E-state index in [-0.39, 0.29) is 5.57 Å². The van der Waals surface area contributed by atoms with Crippen LogP contribution in [0.1, 0.15) is 0 Å². The number of rotatable bonds is 1. The van der Waals surface area contributed by atoms with Gasteiger partial charge in [0.15, 0.2) is 0 Å². The van der Waals surface area contributed by atoms with Crippen LogP contribution in [0.4, 0.5) is 4.79 Å². The highest BCUT2D eigenvalue weighted by Crippen LogP contribution is 2.11. The number of amides is 4. The van der Waals surface area contributed by atoms with Crippen LogP contribution in [0.15, 0.2) is 16.6 Å². The Morgan fingerprint density at radius 2 is 2.24 bits per heavy atom. The van der Waals surface area contributed by atoms with Gasteiger partial charge in [-0.2, -0.15) is 5.26 Å². The zero-order valence-corrected chi connectivity index (χ0v) is 9.30. The SMILES string of the molecule is CNC(=O)N(C)C(=O)C1=CC(C#N)C(=O)N=C1. The van der Waals surface area contributed by atoms with E-state index < -0.39 is 23.8 Å². The number of hydrogen-bond donors (Lipinski definition) is 1. The fourth-order valence-corrected chi connectivity index (χ4v) is 1.18. The fourth-order valence-electron chi connectivity index (χ4n) is 1.18. The molecule has 1 rings (SSSR count). The quantitative estimate of drug-likeness (QED) is 0.658. The van der Waals surface area contributed by atoms with E-state index in [0.717, 1.165) is 11.1 Å². The van der Waals surface area contributed by atoms with Crippen molar-refractivity contribution >= 4 is 24.1 Å². The minimum Gasteiger partial charge on any atom is -0.341 e. The summed E-state index contributed by atoms with van der Waals surface area (Å²) in [6.45, 7) is 0. The Balaban J connectivity index is 2.92. The molecule has 0 spiro atoms. The first-order valence-corrected chi connectivity index (χ1v) is 4.70. The fraction of sp³-hybridized carbons (Fsp3) is 0.300. The Morgan fingerprint density at radius 1 is 1.59 bits per heavy atom. The Bertz CT molecular complexity index is 472. The van der Waals surface area contributed by atoms with Crippen molar-refractivity contribution in [2.24, 2.45) is 10.9 Å². The zero-order valence-electron chi connectivity index (χ0n) is 9.30. The van der Waals surface area contributed by atoms with E-state index in [2.05, 4.69) is 10.3 Å². The number of urea groups is 1. The van der Waals surface area contributed by atoms with Gasteiger partial charge in [0.2, 0.25) is 0 Å². The van der Waals surface area contributed by atoms with Crippen molar-refractivity contribution in [2.75, 3.05) is 14.1 Å². The lowest BCUT2D eigenvalue weighted by Crippen LogP contribution is -2.40. The first kappa shape index (κ1) is 12.6. The molecule has 1 unspecified atom stereocenters. The molecule has 17 heavy (non-hydrogen) atoms. The van der Waals surface area contributed by atoms with E-state index in [0.29, 0.717) is 0 Å². The second kappa shape index (κ2) is 5.03. The Labute approximate surface area is 97.4 Å². The molecule has 0 aliphatic carbocycles. The highest BCUT2D eigenvalue weighted by molar-refractivity contribution is 6.19. The molecule has 0 radical (unpaired) electrons. The van der Waals surface area contributed by atoms with E-state index in [1.54, 1.807) is 6.07 Å². The maximum atomic E-state index is 11.8. The second-order valence-corrected chi connectivity index (χ2v) is 3.24. The van der Waals surface area contributed by atoms with Gasteiger partial charge in [-0.15, -0.1) is 0 Å². The molecule has 1 aliphatic heterocycles. The van der Waals surface area contributed by atoms with Crippen molar-refractivity contribution < 1.29 is 14.4 Å². The molecule has 7 heteroatoms. The van der Waals surface area contributed by atoms with Crippen molar-refractivity contribution in [1.29, 1.82) is 5.26 Å². The molecule has 0 fully saturated rings. The molecule has 0 aromatic heterocycles. The standard InChI is InChI=1S/C10H10N4O3/c1-12-10(17)14(2)9(16)7-3-6(4-11)8(15)13-5-7/h3,5-6H,1-2H3,(H,12,17). The average molecular weight is 234 g/mol. The third-order valence-corrected chi connectivity index (χ3v) is 2.15. The number of nitrogens with one attached hydrogen (secondary N) is 1. The maximum absolute atomic E-state index is 11.8. The van der Waals surface area contributed by atoms with Crippen LogP contribution >= 0.6 is 0 Å². The van der Waals surface area contributed by atoms with Crippen LogP contribution in [-0.2, 0) is 9.59 Å². The molecular formula is C10H10N4O3. The van der Waals surface area contributed by atoms with Crippen molar-refractivity contribution in [1.82, 2.24) is 10.2 Å². The van der Waals surface area contributed by atoms with E-state index in [1.165, 1.54) is 20.2 Å². The number of dihydropyridines is 1. The van der Waals surface area contributed by atoms with Crippen LogP contribution in [0.3, 0.4) is 0 Å². The molecule has 1 N–H and O–H groups in total. The predicted molar refractivity (Wildman–Crippen MR) is 57.9 cm³/mol. The Kier molecular flexibility index (Phi) is 3.72. The molecule has 0 aromatic rings. The summed E-state index contributed by atoms with van der Waals surface area (Å²) < 4.78 is 0. The van der Waals surface area contributed by atoms with E-state index in [9.17, 15) is 14.4 Å². The van der Waals surface area contributed by atoms with Crippen molar-refractivity contribution in [3.8, 4) is 6.07 Å². The number of aliphatic imine (C=N–C) groups is 1. The van der Waals surface area contributed by atoms with E-state index >= 15 is 0 Å². The van der Waals surface area contributed by atoms with Crippen LogP contribution in [-0.4, -0.2) is 43.1 Å². The van der Waals surface area contributed by atoms with E-state index in [4.69, 9.17) is 5.26 Å². The third-order valence-electron chi connectivity index (χ3n) is 2.15. The molecular weight excluding hydrogens is 224 g/mol. The van der Waals surface area contributed by atoms with Gasteiger partial charge in [0.25, 0.3) is 11.8 Å². The minimum atomic E-state index is -1.07. The number of carbonyl (C=O) groups excluding carboxylic acids is 3. The summed E-state index contributed by atoms with van der Waals surface area (Å²) in [4.78, 5) is 38.3. The van der Waals surface area contributed by atoms with Crippen LogP contribution < -0.4 is 5.32 Å². The zero-order chi connectivity index (χ0) is 13.0. The summed E-state index contributed by atoms with van der Waals surface area (Å²) in [7, 11) is 2.67. The van der Waals surface area contributed by atoms with Crippen molar-refractivity contribution in [2.45, 2.75) is 0 Å². The van der Waals surface area contributed by atoms with Gasteiger partial charge in [-0.3, -0.25) is 14.5 Å². The summed E-state index contributed by atoms with van der Waals surface area (Å²) in [5.41, 5.74) is 0.0438. The maximum Gasteiger partial charge on any atom is 0.323 e. The van der Waals surface area contributed by atoms with Crippen LogP contribution in [0, 0.1) is 17.2 Å². The Hall–Kier alpha value is -2.49. The third kappa shape index (κ3) is 2.55. The summed E-state index contributed by atoms with van der Waals surface area (Å²) in [5, 5.41) is 10.9. The number of imide groups is 1. The lowest BCUT2D eigenvalue weighted by Gasteiger charge is -2.16. The molecule has 7 nitrogen and oxygen atoms in total. The Morgan fingerprint density at radius 3 is 2.76 bits per heavy atom. The number of nitrogens with zero attached hydrogens (tertiary/aromatic N) is 3. The summed E-state index contributed by atoms with van der Waals surface area (Å²) in [6.07, 6.45) is 2.25. The molecule has 1 heterocycles. The van der Waals surface area contributed by atoms with Gasteiger partial charge in [-0.25, -0.2) is 9.79 Å². The minimum absolute atomic E-state index is 0.0438. The van der Waals surface area contributed by atoms with E-state index in [1.807, 2.05) is 0 Å². The van der Waals surface area contributed by atoms with Gasteiger partial charge < -0.3 is 5.32 Å². The predicted octanol–water partition coefficient (Wildman–Crippen LogP) is -0.539. The number of nitriles is 1. The average Bonchev–Trinajstić information content (AvgIpc) is 2.36. The monoisotopic (exact) mass is 234 g/mol. The molecule has 1 atom stereocenters. The summed E-state index contributed by atoms with van der Waals surface area (Å²) in [5.74, 6) is -2.32. The molecule has 0 saturated heterocycles. The van der Waals surface area contributed by atoms with Crippen molar-refractivity contribution in [3.63, 3.8) is 0 Å². The van der Waals surface area contributed by atoms with Gasteiger partial charge in [-0.05, 0) is 6.08 Å². The van der Waals surface area contributed by atoms with Gasteiger partial charge in [0.1, 0.15) is 5.92 Å². The molecule has 1 aliphatic rings. The normalized spacial score (nSPS) is 18.1. The molecule has 0 aromatic carbocycles. The highest BCUT2D eigenvalue weighted by Gasteiger charge is 2.25. The summed E-state index contributed by atoms with van der Waals surface area (Å²) in [6, 6.07) is 1.12. The van der Waals surface area contributed by atoms with Crippen LogP contribution in [0.2, 0.25) is 0 Å². The molecule has 88 valence electrons. The van der Waals surface area contributed by atoms with Gasteiger partial charge in [0.05, 0.1) is 11.6 Å². The molecule has 4 amide bonds. The molecule has 0 bridgehead atoms. The van der Waals surface area contributed by atoms with Crippen LogP contribution in [0.5, 0.6) is 0 Å². The largest absolute Gasteiger partial charge is 0.341 e. The van der Waals surface area contributed by atoms with Gasteiger partial charge in [0, 0.05) is 20.3 Å². The van der Waals surface area contributed by atoms with Gasteiger partial charge >= 0.3 is 6.03 Å². The lowest BCUT2D eigenvalue weighted by atomic mass is 10.0. The summed E-state index contributed by atoms with van der Waals surface area (Å²) >= 11 is 0. The number of likely N-dealkylation sites (N-methyl/N-ethyl adjacent to an activating group) is 1. The topological polar surface area (TPSA) is 103 Å². The second-order valence-electron chi connectivity index (χ2n) is 3.24. The smallest absolute Gasteiger partial charge is 0.323 e.